The second-order valence-corrected chi connectivity index (χ2v) is 5.65. The molecule has 8 nitrogen and oxygen atoms in total. The number of imidazole rings is 1. The van der Waals surface area contributed by atoms with Crippen LogP contribution in [0.2, 0.25) is 0 Å². The van der Waals surface area contributed by atoms with Gasteiger partial charge in [0.1, 0.15) is 5.82 Å². The Balaban J connectivity index is 1.71. The summed E-state index contributed by atoms with van der Waals surface area (Å²) in [6.45, 7) is 4.78. The molecule has 0 saturated carbocycles. The van der Waals surface area contributed by atoms with Gasteiger partial charge in [0.25, 0.3) is 11.6 Å². The van der Waals surface area contributed by atoms with Crippen molar-refractivity contribution in [2.45, 2.75) is 20.4 Å². The van der Waals surface area contributed by atoms with Crippen molar-refractivity contribution in [3.8, 4) is 0 Å². The van der Waals surface area contributed by atoms with Crippen LogP contribution in [0.3, 0.4) is 0 Å². The molecule has 0 aliphatic heterocycles. The molecule has 0 unspecified atom stereocenters. The molecule has 132 valence electrons. The maximum Gasteiger partial charge on any atom is 0.271 e. The van der Waals surface area contributed by atoms with Gasteiger partial charge in [0.15, 0.2) is 0 Å². The first kappa shape index (κ1) is 17.3. The topological polar surface area (TPSA) is 102 Å². The summed E-state index contributed by atoms with van der Waals surface area (Å²) < 4.78 is 2.07. The molecule has 2 aromatic carbocycles. The normalized spacial score (nSPS) is 11.2. The average Bonchev–Trinajstić information content (AvgIpc) is 2.96. The van der Waals surface area contributed by atoms with Crippen molar-refractivity contribution >= 4 is 28.8 Å². The van der Waals surface area contributed by atoms with E-state index in [9.17, 15) is 14.9 Å². The van der Waals surface area contributed by atoms with Crippen molar-refractivity contribution in [2.75, 3.05) is 0 Å². The van der Waals surface area contributed by atoms with Gasteiger partial charge >= 0.3 is 0 Å². The fourth-order valence-corrected chi connectivity index (χ4v) is 2.70. The number of nitrogens with one attached hydrogen (secondary N) is 1. The van der Waals surface area contributed by atoms with Gasteiger partial charge in [-0.1, -0.05) is 0 Å². The average molecular weight is 351 g/mol. The minimum absolute atomic E-state index is 0.00120. The van der Waals surface area contributed by atoms with Crippen LogP contribution < -0.4 is 5.43 Å². The minimum atomic E-state index is -0.472. The van der Waals surface area contributed by atoms with Crippen LogP contribution in [0.4, 0.5) is 5.69 Å². The number of aryl methyl sites for hydroxylation is 2. The zero-order valence-corrected chi connectivity index (χ0v) is 14.3. The summed E-state index contributed by atoms with van der Waals surface area (Å²) in [6.07, 6.45) is 1.43. The maximum atomic E-state index is 12.2. The maximum absolute atomic E-state index is 12.2. The molecule has 0 saturated heterocycles. The number of amides is 1. The van der Waals surface area contributed by atoms with Crippen molar-refractivity contribution in [2.24, 2.45) is 5.10 Å². The first-order chi connectivity index (χ1) is 12.5. The standard InChI is InChI=1S/C18H17N5O3/c1-3-22-12(2)20-16-10-14(6-9-17(16)22)18(24)21-19-11-13-4-7-15(8-5-13)23(25)26/h4-11H,3H2,1-2H3,(H,21,24). The Hall–Kier alpha value is -3.55. The van der Waals surface area contributed by atoms with Crippen molar-refractivity contribution in [3.63, 3.8) is 0 Å². The molecule has 3 aromatic rings. The van der Waals surface area contributed by atoms with E-state index in [0.29, 0.717) is 11.1 Å². The summed E-state index contributed by atoms with van der Waals surface area (Å²) >= 11 is 0. The number of carbonyl (C=O) groups is 1. The lowest BCUT2D eigenvalue weighted by Crippen LogP contribution is -2.17. The van der Waals surface area contributed by atoms with E-state index in [0.717, 1.165) is 23.4 Å². The minimum Gasteiger partial charge on any atom is -0.329 e. The molecule has 0 spiro atoms. The molecule has 0 atom stereocenters. The number of rotatable bonds is 5. The number of aromatic nitrogens is 2. The number of hydrazone groups is 1. The van der Waals surface area contributed by atoms with Crippen LogP contribution in [0.5, 0.6) is 0 Å². The second kappa shape index (κ2) is 7.14. The van der Waals surface area contributed by atoms with Gasteiger partial charge in [-0.15, -0.1) is 0 Å². The van der Waals surface area contributed by atoms with E-state index >= 15 is 0 Å². The Kier molecular flexibility index (Phi) is 4.74. The molecule has 0 radical (unpaired) electrons. The van der Waals surface area contributed by atoms with E-state index in [2.05, 4.69) is 20.1 Å². The Morgan fingerprint density at radius 2 is 2.04 bits per heavy atom. The van der Waals surface area contributed by atoms with Gasteiger partial charge < -0.3 is 4.57 Å². The predicted octanol–water partition coefficient (Wildman–Crippen LogP) is 3.04. The van der Waals surface area contributed by atoms with Gasteiger partial charge in [0.05, 0.1) is 22.2 Å². The van der Waals surface area contributed by atoms with Crippen LogP contribution in [0, 0.1) is 17.0 Å². The highest BCUT2D eigenvalue weighted by atomic mass is 16.6. The van der Waals surface area contributed by atoms with Crippen LogP contribution in [-0.2, 0) is 6.54 Å². The molecule has 3 rings (SSSR count). The Bertz CT molecular complexity index is 1010. The summed E-state index contributed by atoms with van der Waals surface area (Å²) in [5.74, 6) is 0.546. The lowest BCUT2D eigenvalue weighted by atomic mass is 10.2. The number of nitrogens with zero attached hydrogens (tertiary/aromatic N) is 4. The fraction of sp³-hybridized carbons (Fsp3) is 0.167. The van der Waals surface area contributed by atoms with E-state index in [1.54, 1.807) is 24.3 Å². The van der Waals surface area contributed by atoms with Crippen LogP contribution in [-0.4, -0.2) is 26.6 Å². The molecule has 1 N–H and O–H groups in total. The summed E-state index contributed by atoms with van der Waals surface area (Å²) in [5.41, 5.74) is 5.29. The summed E-state index contributed by atoms with van der Waals surface area (Å²) in [5, 5.41) is 14.5. The first-order valence-electron chi connectivity index (χ1n) is 8.04. The highest BCUT2D eigenvalue weighted by molar-refractivity contribution is 5.97. The van der Waals surface area contributed by atoms with Crippen molar-refractivity contribution in [3.05, 3.63) is 69.5 Å². The largest absolute Gasteiger partial charge is 0.329 e. The molecular weight excluding hydrogens is 334 g/mol. The molecule has 26 heavy (non-hydrogen) atoms. The molecule has 1 aromatic heterocycles. The van der Waals surface area contributed by atoms with Gasteiger partial charge in [-0.3, -0.25) is 14.9 Å². The Morgan fingerprint density at radius 1 is 1.31 bits per heavy atom. The number of nitro benzene ring substituents is 1. The van der Waals surface area contributed by atoms with Crippen LogP contribution in [0.15, 0.2) is 47.6 Å². The summed E-state index contributed by atoms with van der Waals surface area (Å²) in [4.78, 5) is 26.8. The number of benzene rings is 2. The second-order valence-electron chi connectivity index (χ2n) is 5.65. The summed E-state index contributed by atoms with van der Waals surface area (Å²) in [6, 6.07) is 11.2. The number of carbonyl (C=O) groups excluding carboxylic acids is 1. The quantitative estimate of drug-likeness (QED) is 0.433. The molecule has 1 heterocycles. The fourth-order valence-electron chi connectivity index (χ4n) is 2.70. The zero-order chi connectivity index (χ0) is 18.7. The predicted molar refractivity (Wildman–Crippen MR) is 98.3 cm³/mol. The third-order valence-electron chi connectivity index (χ3n) is 4.00. The van der Waals surface area contributed by atoms with Gasteiger partial charge in [-0.2, -0.15) is 5.10 Å². The zero-order valence-electron chi connectivity index (χ0n) is 14.3. The molecule has 0 aliphatic rings. The molecular formula is C18H17N5O3. The molecule has 1 amide bonds. The summed E-state index contributed by atoms with van der Waals surface area (Å²) in [7, 11) is 0. The molecule has 0 aliphatic carbocycles. The molecule has 0 bridgehead atoms. The van der Waals surface area contributed by atoms with Crippen molar-refractivity contribution in [1.29, 1.82) is 0 Å². The number of hydrogen-bond acceptors (Lipinski definition) is 5. The Morgan fingerprint density at radius 3 is 2.69 bits per heavy atom. The highest BCUT2D eigenvalue weighted by Gasteiger charge is 2.10. The van der Waals surface area contributed by atoms with E-state index in [-0.39, 0.29) is 11.6 Å². The van der Waals surface area contributed by atoms with E-state index in [1.165, 1.54) is 18.3 Å². The highest BCUT2D eigenvalue weighted by Crippen LogP contribution is 2.17. The number of hydrogen-bond donors (Lipinski definition) is 1. The van der Waals surface area contributed by atoms with Gasteiger partial charge in [-0.25, -0.2) is 10.4 Å². The van der Waals surface area contributed by atoms with Crippen LogP contribution in [0.25, 0.3) is 11.0 Å². The number of nitro groups is 1. The van der Waals surface area contributed by atoms with E-state index in [1.807, 2.05) is 19.9 Å². The molecule has 0 fully saturated rings. The van der Waals surface area contributed by atoms with E-state index in [4.69, 9.17) is 0 Å². The number of fused-ring (bicyclic) bond motifs is 1. The van der Waals surface area contributed by atoms with Crippen LogP contribution in [0.1, 0.15) is 28.7 Å². The SMILES string of the molecule is CCn1c(C)nc2cc(C(=O)NN=Cc3ccc([N+](=O)[O-])cc3)ccc21. The van der Waals surface area contributed by atoms with Crippen molar-refractivity contribution in [1.82, 2.24) is 15.0 Å². The third-order valence-corrected chi connectivity index (χ3v) is 4.00. The van der Waals surface area contributed by atoms with Crippen molar-refractivity contribution < 1.29 is 9.72 Å². The first-order valence-corrected chi connectivity index (χ1v) is 8.04. The van der Waals surface area contributed by atoms with Gasteiger partial charge in [-0.05, 0) is 49.7 Å². The smallest absolute Gasteiger partial charge is 0.271 e. The lowest BCUT2D eigenvalue weighted by Gasteiger charge is -2.03. The van der Waals surface area contributed by atoms with Gasteiger partial charge in [0.2, 0.25) is 0 Å². The molecule has 8 heteroatoms. The third kappa shape index (κ3) is 3.44. The van der Waals surface area contributed by atoms with E-state index < -0.39 is 4.92 Å². The Labute approximate surface area is 149 Å². The van der Waals surface area contributed by atoms with Crippen LogP contribution >= 0.6 is 0 Å². The monoisotopic (exact) mass is 351 g/mol. The lowest BCUT2D eigenvalue weighted by molar-refractivity contribution is -0.384. The van der Waals surface area contributed by atoms with Gasteiger partial charge in [0, 0.05) is 24.2 Å². The number of non-ortho nitro benzene ring substituents is 1.